The summed E-state index contributed by atoms with van der Waals surface area (Å²) in [6.07, 6.45) is 10.6. The van der Waals surface area contributed by atoms with Crippen molar-refractivity contribution in [2.75, 3.05) is 19.6 Å². The summed E-state index contributed by atoms with van der Waals surface area (Å²) in [5.74, 6) is 0.404. The lowest BCUT2D eigenvalue weighted by Gasteiger charge is -2.43. The maximum Gasteiger partial charge on any atom is 0.209 e. The lowest BCUT2D eigenvalue weighted by atomic mass is 9.90. The monoisotopic (exact) mass is 299 g/mol. The molecular formula is C18H25N3O. The molecule has 2 saturated heterocycles. The summed E-state index contributed by atoms with van der Waals surface area (Å²) in [7, 11) is 0. The van der Waals surface area contributed by atoms with Crippen LogP contribution in [0.3, 0.4) is 0 Å². The number of rotatable bonds is 4. The van der Waals surface area contributed by atoms with Gasteiger partial charge >= 0.3 is 0 Å². The topological polar surface area (TPSA) is 36.4 Å². The van der Waals surface area contributed by atoms with Gasteiger partial charge in [-0.2, -0.15) is 0 Å². The number of pyridine rings is 1. The van der Waals surface area contributed by atoms with Crippen LogP contribution in [0.1, 0.15) is 43.7 Å². The van der Waals surface area contributed by atoms with Crippen LogP contribution in [0.5, 0.6) is 0 Å². The second-order valence-electron chi connectivity index (χ2n) is 6.42. The number of aromatic nitrogens is 1. The van der Waals surface area contributed by atoms with E-state index >= 15 is 0 Å². The molecule has 0 aromatic carbocycles. The van der Waals surface area contributed by atoms with Crippen LogP contribution in [0.4, 0.5) is 0 Å². The minimum absolute atomic E-state index is 0.404. The molecule has 3 heterocycles. The molecule has 2 aliphatic rings. The van der Waals surface area contributed by atoms with Crippen molar-refractivity contribution in [1.82, 2.24) is 14.8 Å². The van der Waals surface area contributed by atoms with Crippen molar-refractivity contribution < 1.29 is 4.79 Å². The quantitative estimate of drug-likeness (QED) is 0.802. The molecule has 2 fully saturated rings. The maximum absolute atomic E-state index is 11.1. The van der Waals surface area contributed by atoms with Gasteiger partial charge in [-0.1, -0.05) is 6.58 Å². The van der Waals surface area contributed by atoms with Gasteiger partial charge in [0.25, 0.3) is 0 Å². The van der Waals surface area contributed by atoms with Crippen LogP contribution in [0.15, 0.2) is 36.8 Å². The van der Waals surface area contributed by atoms with Crippen LogP contribution in [-0.2, 0) is 4.79 Å². The molecule has 1 aromatic heterocycles. The minimum Gasteiger partial charge on any atom is -0.368 e. The molecule has 4 heteroatoms. The molecule has 0 saturated carbocycles. The lowest BCUT2D eigenvalue weighted by molar-refractivity contribution is -0.119. The Hall–Kier alpha value is -1.84. The first-order valence-corrected chi connectivity index (χ1v) is 8.34. The Kier molecular flexibility index (Phi) is 4.76. The molecule has 0 N–H and O–H groups in total. The van der Waals surface area contributed by atoms with Crippen LogP contribution < -0.4 is 0 Å². The highest BCUT2D eigenvalue weighted by Crippen LogP contribution is 2.36. The van der Waals surface area contributed by atoms with E-state index in [1.54, 1.807) is 0 Å². The predicted molar refractivity (Wildman–Crippen MR) is 87.0 cm³/mol. The number of carbonyl (C=O) groups is 1. The Morgan fingerprint density at radius 3 is 2.77 bits per heavy atom. The summed E-state index contributed by atoms with van der Waals surface area (Å²) in [4.78, 5) is 19.6. The molecule has 22 heavy (non-hydrogen) atoms. The average molecular weight is 299 g/mol. The van der Waals surface area contributed by atoms with Crippen LogP contribution in [-0.4, -0.2) is 40.8 Å². The van der Waals surface area contributed by atoms with Gasteiger partial charge in [0.2, 0.25) is 6.41 Å². The van der Waals surface area contributed by atoms with Gasteiger partial charge in [0.15, 0.2) is 0 Å². The molecule has 1 aromatic rings. The molecule has 4 nitrogen and oxygen atoms in total. The van der Waals surface area contributed by atoms with E-state index in [4.69, 9.17) is 0 Å². The first-order chi connectivity index (χ1) is 10.8. The Labute approximate surface area is 132 Å². The number of amides is 1. The van der Waals surface area contributed by atoms with Gasteiger partial charge in [0, 0.05) is 43.6 Å². The third-order valence-corrected chi connectivity index (χ3v) is 5.04. The summed E-state index contributed by atoms with van der Waals surface area (Å²) in [6.45, 7) is 7.20. The SMILES string of the molecule is C=C(C1CCCN(C=O)C1)N1CCCCC1c1ccncc1. The van der Waals surface area contributed by atoms with Crippen molar-refractivity contribution in [2.45, 2.75) is 38.1 Å². The van der Waals surface area contributed by atoms with Crippen LogP contribution in [0, 0.1) is 5.92 Å². The van der Waals surface area contributed by atoms with Crippen molar-refractivity contribution in [2.24, 2.45) is 5.92 Å². The third kappa shape index (κ3) is 3.16. The maximum atomic E-state index is 11.1. The van der Waals surface area contributed by atoms with Crippen molar-refractivity contribution in [3.8, 4) is 0 Å². The van der Waals surface area contributed by atoms with Crippen molar-refractivity contribution >= 4 is 6.41 Å². The van der Waals surface area contributed by atoms with E-state index in [2.05, 4.69) is 28.6 Å². The molecule has 118 valence electrons. The van der Waals surface area contributed by atoms with Crippen molar-refractivity contribution in [1.29, 1.82) is 0 Å². The first-order valence-electron chi connectivity index (χ1n) is 8.34. The van der Waals surface area contributed by atoms with Gasteiger partial charge in [-0.05, 0) is 49.8 Å². The van der Waals surface area contributed by atoms with Gasteiger partial charge in [0.1, 0.15) is 0 Å². The number of carbonyl (C=O) groups excluding carboxylic acids is 1. The number of piperidine rings is 2. The summed E-state index contributed by atoms with van der Waals surface area (Å²) < 4.78 is 0. The zero-order valence-electron chi connectivity index (χ0n) is 13.2. The minimum atomic E-state index is 0.404. The fourth-order valence-electron chi connectivity index (χ4n) is 3.82. The van der Waals surface area contributed by atoms with Gasteiger partial charge in [0.05, 0.1) is 6.04 Å². The van der Waals surface area contributed by atoms with Crippen molar-refractivity contribution in [3.63, 3.8) is 0 Å². The molecule has 2 aliphatic heterocycles. The first kappa shape index (κ1) is 15.1. The van der Waals surface area contributed by atoms with E-state index in [1.165, 1.54) is 30.5 Å². The Morgan fingerprint density at radius 2 is 2.00 bits per heavy atom. The van der Waals surface area contributed by atoms with E-state index in [-0.39, 0.29) is 0 Å². The van der Waals surface area contributed by atoms with E-state index in [0.29, 0.717) is 12.0 Å². The molecular weight excluding hydrogens is 274 g/mol. The van der Waals surface area contributed by atoms with Crippen molar-refractivity contribution in [3.05, 3.63) is 42.4 Å². The molecule has 2 unspecified atom stereocenters. The smallest absolute Gasteiger partial charge is 0.209 e. The average Bonchev–Trinajstić information content (AvgIpc) is 2.62. The highest BCUT2D eigenvalue weighted by atomic mass is 16.1. The Bertz CT molecular complexity index is 516. The van der Waals surface area contributed by atoms with Crippen LogP contribution >= 0.6 is 0 Å². The molecule has 0 radical (unpaired) electrons. The number of nitrogens with zero attached hydrogens (tertiary/aromatic N) is 3. The van der Waals surface area contributed by atoms with Crippen LogP contribution in [0.2, 0.25) is 0 Å². The van der Waals surface area contributed by atoms with Gasteiger partial charge in [-0.25, -0.2) is 0 Å². The molecule has 1 amide bonds. The zero-order chi connectivity index (χ0) is 15.4. The van der Waals surface area contributed by atoms with E-state index in [1.807, 2.05) is 17.3 Å². The highest BCUT2D eigenvalue weighted by Gasteiger charge is 2.30. The lowest BCUT2D eigenvalue weighted by Crippen LogP contribution is -2.41. The molecule has 0 aliphatic carbocycles. The van der Waals surface area contributed by atoms with E-state index < -0.39 is 0 Å². The molecule has 3 rings (SSSR count). The Balaban J connectivity index is 1.75. The van der Waals surface area contributed by atoms with Gasteiger partial charge < -0.3 is 9.80 Å². The predicted octanol–water partition coefficient (Wildman–Crippen LogP) is 2.99. The van der Waals surface area contributed by atoms with Gasteiger partial charge in [-0.3, -0.25) is 9.78 Å². The molecule has 2 atom stereocenters. The fourth-order valence-corrected chi connectivity index (χ4v) is 3.82. The molecule has 0 spiro atoms. The fraction of sp³-hybridized carbons (Fsp3) is 0.556. The second-order valence-corrected chi connectivity index (χ2v) is 6.42. The highest BCUT2D eigenvalue weighted by molar-refractivity contribution is 5.47. The molecule has 0 bridgehead atoms. The number of hydrogen-bond acceptors (Lipinski definition) is 3. The largest absolute Gasteiger partial charge is 0.368 e. The summed E-state index contributed by atoms with van der Waals surface area (Å²) in [5.41, 5.74) is 2.55. The summed E-state index contributed by atoms with van der Waals surface area (Å²) in [5, 5.41) is 0. The second kappa shape index (κ2) is 6.95. The van der Waals surface area contributed by atoms with Crippen LogP contribution in [0.25, 0.3) is 0 Å². The number of likely N-dealkylation sites (tertiary alicyclic amines) is 2. The van der Waals surface area contributed by atoms with Gasteiger partial charge in [-0.15, -0.1) is 0 Å². The Morgan fingerprint density at radius 1 is 1.18 bits per heavy atom. The zero-order valence-corrected chi connectivity index (χ0v) is 13.2. The summed E-state index contributed by atoms with van der Waals surface area (Å²) >= 11 is 0. The van der Waals surface area contributed by atoms with E-state index in [0.717, 1.165) is 38.9 Å². The number of hydrogen-bond donors (Lipinski definition) is 0. The third-order valence-electron chi connectivity index (χ3n) is 5.04. The standard InChI is InChI=1S/C18H25N3O/c1-15(17-5-4-11-20(13-17)14-22)21-12-3-2-6-18(21)16-7-9-19-10-8-16/h7-10,14,17-18H,1-6,11-13H2. The normalized spacial score (nSPS) is 25.8. The summed E-state index contributed by atoms with van der Waals surface area (Å²) in [6, 6.07) is 4.65. The van der Waals surface area contributed by atoms with E-state index in [9.17, 15) is 4.79 Å².